The molecule has 2 aromatic carbocycles. The highest BCUT2D eigenvalue weighted by Gasteiger charge is 2.20. The van der Waals surface area contributed by atoms with E-state index in [-0.39, 0.29) is 34.7 Å². The molecule has 2 amide bonds. The van der Waals surface area contributed by atoms with Crippen LogP contribution in [0.3, 0.4) is 0 Å². The molecule has 6 nitrogen and oxygen atoms in total. The Morgan fingerprint density at radius 1 is 0.964 bits per heavy atom. The number of carbonyl (C=O) groups is 2. The van der Waals surface area contributed by atoms with Gasteiger partial charge in [-0.05, 0) is 43.2 Å². The van der Waals surface area contributed by atoms with Crippen LogP contribution in [0, 0.1) is 0 Å². The van der Waals surface area contributed by atoms with Gasteiger partial charge in [0, 0.05) is 18.2 Å². The minimum atomic E-state index is -3.49. The third kappa shape index (κ3) is 5.42. The van der Waals surface area contributed by atoms with Crippen LogP contribution in [0.1, 0.15) is 53.5 Å². The van der Waals surface area contributed by atoms with Gasteiger partial charge in [0.1, 0.15) is 0 Å². The van der Waals surface area contributed by atoms with Gasteiger partial charge in [-0.1, -0.05) is 38.1 Å². The number of rotatable bonds is 8. The maximum absolute atomic E-state index is 12.5. The molecule has 2 aromatic rings. The maximum atomic E-state index is 12.5. The van der Waals surface area contributed by atoms with E-state index in [4.69, 9.17) is 0 Å². The summed E-state index contributed by atoms with van der Waals surface area (Å²) < 4.78 is 24.4. The van der Waals surface area contributed by atoms with E-state index in [1.165, 1.54) is 12.1 Å². The molecule has 0 heterocycles. The molecule has 0 aromatic heterocycles. The molecule has 28 heavy (non-hydrogen) atoms. The second kappa shape index (κ2) is 9.50. The molecule has 7 heteroatoms. The Morgan fingerprint density at radius 2 is 1.61 bits per heavy atom. The molecule has 0 aliphatic heterocycles. The van der Waals surface area contributed by atoms with E-state index in [9.17, 15) is 18.0 Å². The van der Waals surface area contributed by atoms with Crippen molar-refractivity contribution in [1.29, 1.82) is 0 Å². The van der Waals surface area contributed by atoms with Crippen LogP contribution >= 0.6 is 0 Å². The predicted molar refractivity (Wildman–Crippen MR) is 109 cm³/mol. The van der Waals surface area contributed by atoms with E-state index in [2.05, 4.69) is 10.6 Å². The van der Waals surface area contributed by atoms with Crippen LogP contribution in [-0.4, -0.2) is 32.0 Å². The fourth-order valence-corrected chi connectivity index (χ4v) is 3.63. The maximum Gasteiger partial charge on any atom is 0.252 e. The van der Waals surface area contributed by atoms with E-state index in [1.807, 2.05) is 13.8 Å². The first-order valence-electron chi connectivity index (χ1n) is 9.28. The lowest BCUT2D eigenvalue weighted by Gasteiger charge is -2.12. The second-order valence-corrected chi connectivity index (χ2v) is 8.81. The van der Waals surface area contributed by atoms with Gasteiger partial charge in [-0.25, -0.2) is 8.42 Å². The molecule has 2 N–H and O–H groups in total. The average molecular weight is 403 g/mol. The minimum Gasteiger partial charge on any atom is -0.350 e. The lowest BCUT2D eigenvalue weighted by molar-refractivity contribution is 0.0933. The topological polar surface area (TPSA) is 92.3 Å². The molecule has 0 saturated carbocycles. The largest absolute Gasteiger partial charge is 0.350 e. The first-order valence-corrected chi connectivity index (χ1v) is 10.9. The van der Waals surface area contributed by atoms with Gasteiger partial charge in [0.2, 0.25) is 0 Å². The zero-order valence-corrected chi connectivity index (χ0v) is 17.2. The summed E-state index contributed by atoms with van der Waals surface area (Å²) in [7, 11) is -3.49. The number of hydrogen-bond acceptors (Lipinski definition) is 4. The van der Waals surface area contributed by atoms with Crippen molar-refractivity contribution in [3.8, 4) is 0 Å². The van der Waals surface area contributed by atoms with E-state index in [0.29, 0.717) is 5.56 Å². The SMILES string of the molecule is CC[C@@H](C)NC(=O)c1ccc(CNC(=O)c2ccccc2S(=O)(=O)CC)cc1. The molecule has 2 rings (SSSR count). The van der Waals surface area contributed by atoms with Crippen molar-refractivity contribution in [2.45, 2.75) is 44.7 Å². The van der Waals surface area contributed by atoms with Crippen molar-refractivity contribution in [2.75, 3.05) is 5.75 Å². The average Bonchev–Trinajstić information content (AvgIpc) is 2.72. The number of benzene rings is 2. The quantitative estimate of drug-likeness (QED) is 0.710. The van der Waals surface area contributed by atoms with Crippen molar-refractivity contribution in [1.82, 2.24) is 10.6 Å². The predicted octanol–water partition coefficient (Wildman–Crippen LogP) is 2.94. The molecule has 0 bridgehead atoms. The highest BCUT2D eigenvalue weighted by molar-refractivity contribution is 7.91. The molecule has 0 saturated heterocycles. The number of nitrogens with one attached hydrogen (secondary N) is 2. The molecule has 0 aliphatic rings. The molecular weight excluding hydrogens is 376 g/mol. The van der Waals surface area contributed by atoms with Gasteiger partial charge in [0.15, 0.2) is 9.84 Å². The molecule has 0 unspecified atom stereocenters. The van der Waals surface area contributed by atoms with Gasteiger partial charge in [-0.15, -0.1) is 0 Å². The van der Waals surface area contributed by atoms with Crippen LogP contribution in [0.25, 0.3) is 0 Å². The summed E-state index contributed by atoms with van der Waals surface area (Å²) in [5, 5.41) is 5.64. The summed E-state index contributed by atoms with van der Waals surface area (Å²) in [4.78, 5) is 24.6. The van der Waals surface area contributed by atoms with E-state index >= 15 is 0 Å². The standard InChI is InChI=1S/C21H26N2O4S/c1-4-15(3)23-20(24)17-12-10-16(11-13-17)14-22-21(25)18-8-6-7-9-19(18)28(26,27)5-2/h6-13,15H,4-5,14H2,1-3H3,(H,22,25)(H,23,24)/t15-/m1/s1. The Labute approximate surface area is 166 Å². The molecule has 0 radical (unpaired) electrons. The Bertz CT molecular complexity index is 937. The lowest BCUT2D eigenvalue weighted by atomic mass is 10.1. The van der Waals surface area contributed by atoms with Crippen LogP contribution in [-0.2, 0) is 16.4 Å². The highest BCUT2D eigenvalue weighted by atomic mass is 32.2. The third-order valence-electron chi connectivity index (χ3n) is 4.51. The monoisotopic (exact) mass is 402 g/mol. The Morgan fingerprint density at radius 3 is 2.21 bits per heavy atom. The van der Waals surface area contributed by atoms with Gasteiger partial charge in [-0.2, -0.15) is 0 Å². The summed E-state index contributed by atoms with van der Waals surface area (Å²) in [5.41, 5.74) is 1.49. The van der Waals surface area contributed by atoms with Crippen LogP contribution < -0.4 is 10.6 Å². The summed E-state index contributed by atoms with van der Waals surface area (Å²) >= 11 is 0. The minimum absolute atomic E-state index is 0.0343. The highest BCUT2D eigenvalue weighted by Crippen LogP contribution is 2.17. The second-order valence-electron chi connectivity index (χ2n) is 6.56. The van der Waals surface area contributed by atoms with Crippen LogP contribution in [0.4, 0.5) is 0 Å². The van der Waals surface area contributed by atoms with Crippen molar-refractivity contribution in [3.05, 3.63) is 65.2 Å². The zero-order chi connectivity index (χ0) is 20.7. The molecule has 0 spiro atoms. The molecule has 0 fully saturated rings. The van der Waals surface area contributed by atoms with Crippen molar-refractivity contribution in [2.24, 2.45) is 0 Å². The van der Waals surface area contributed by atoms with Crippen molar-refractivity contribution >= 4 is 21.7 Å². The van der Waals surface area contributed by atoms with Gasteiger partial charge in [-0.3, -0.25) is 9.59 Å². The third-order valence-corrected chi connectivity index (χ3v) is 6.29. The van der Waals surface area contributed by atoms with Gasteiger partial charge < -0.3 is 10.6 Å². The molecular formula is C21H26N2O4S. The summed E-state index contributed by atoms with van der Waals surface area (Å²) in [6.45, 7) is 5.72. The molecule has 0 aliphatic carbocycles. The van der Waals surface area contributed by atoms with Gasteiger partial charge in [0.05, 0.1) is 16.2 Å². The number of amides is 2. The summed E-state index contributed by atoms with van der Waals surface area (Å²) in [5.74, 6) is -0.660. The summed E-state index contributed by atoms with van der Waals surface area (Å²) in [6, 6.07) is 13.2. The fraction of sp³-hybridized carbons (Fsp3) is 0.333. The summed E-state index contributed by atoms with van der Waals surface area (Å²) in [6.07, 6.45) is 0.852. The first-order chi connectivity index (χ1) is 13.3. The molecule has 150 valence electrons. The normalized spacial score (nSPS) is 12.2. The van der Waals surface area contributed by atoms with E-state index in [1.54, 1.807) is 43.3 Å². The Hall–Kier alpha value is -2.67. The van der Waals surface area contributed by atoms with Crippen LogP contribution in [0.15, 0.2) is 53.4 Å². The number of hydrogen-bond donors (Lipinski definition) is 2. The van der Waals surface area contributed by atoms with Crippen molar-refractivity contribution in [3.63, 3.8) is 0 Å². The van der Waals surface area contributed by atoms with Gasteiger partial charge >= 0.3 is 0 Å². The van der Waals surface area contributed by atoms with Gasteiger partial charge in [0.25, 0.3) is 11.8 Å². The Balaban J connectivity index is 2.05. The lowest BCUT2D eigenvalue weighted by Crippen LogP contribution is -2.31. The zero-order valence-electron chi connectivity index (χ0n) is 16.4. The fourth-order valence-electron chi connectivity index (χ4n) is 2.54. The number of sulfone groups is 1. The van der Waals surface area contributed by atoms with E-state index < -0.39 is 15.7 Å². The van der Waals surface area contributed by atoms with E-state index in [0.717, 1.165) is 12.0 Å². The first kappa shape index (κ1) is 21.6. The van der Waals surface area contributed by atoms with Crippen molar-refractivity contribution < 1.29 is 18.0 Å². The van der Waals surface area contributed by atoms with Crippen LogP contribution in [0.2, 0.25) is 0 Å². The molecule has 1 atom stereocenters. The smallest absolute Gasteiger partial charge is 0.252 e. The number of carbonyl (C=O) groups excluding carboxylic acids is 2. The van der Waals surface area contributed by atoms with Crippen LogP contribution in [0.5, 0.6) is 0 Å². The Kier molecular flexibility index (Phi) is 7.34.